The first-order chi connectivity index (χ1) is 15.1. The Kier molecular flexibility index (Phi) is 5.19. The maximum absolute atomic E-state index is 12.6. The van der Waals surface area contributed by atoms with E-state index in [9.17, 15) is 4.79 Å². The highest BCUT2D eigenvalue weighted by Gasteiger charge is 2.29. The molecule has 3 heterocycles. The van der Waals surface area contributed by atoms with E-state index in [1.54, 1.807) is 14.2 Å². The Morgan fingerprint density at radius 1 is 1.13 bits per heavy atom. The molecule has 0 bridgehead atoms. The molecule has 0 saturated heterocycles. The molecule has 1 fully saturated rings. The van der Waals surface area contributed by atoms with Gasteiger partial charge in [-0.3, -0.25) is 14.7 Å². The minimum Gasteiger partial charge on any atom is -0.493 e. The summed E-state index contributed by atoms with van der Waals surface area (Å²) in [7, 11) is 3.25. The third kappa shape index (κ3) is 4.05. The van der Waals surface area contributed by atoms with Crippen LogP contribution in [0.1, 0.15) is 41.4 Å². The van der Waals surface area contributed by atoms with E-state index in [0.29, 0.717) is 24.0 Å². The molecule has 1 aliphatic carbocycles. The summed E-state index contributed by atoms with van der Waals surface area (Å²) in [5.41, 5.74) is 4.78. The fourth-order valence-electron chi connectivity index (χ4n) is 4.13. The summed E-state index contributed by atoms with van der Waals surface area (Å²) in [5, 5.41) is 0. The third-order valence-electron chi connectivity index (χ3n) is 6.04. The Labute approximate surface area is 181 Å². The van der Waals surface area contributed by atoms with Crippen molar-refractivity contribution in [1.29, 1.82) is 0 Å². The molecule has 1 aliphatic heterocycles. The monoisotopic (exact) mass is 418 g/mol. The zero-order valence-electron chi connectivity index (χ0n) is 17.9. The summed E-state index contributed by atoms with van der Waals surface area (Å²) < 4.78 is 10.7. The minimum absolute atomic E-state index is 0.0264. The highest BCUT2D eigenvalue weighted by Crippen LogP contribution is 2.38. The lowest BCUT2D eigenvalue weighted by Crippen LogP contribution is -2.35. The molecule has 0 unspecified atom stereocenters. The van der Waals surface area contributed by atoms with Crippen molar-refractivity contribution in [3.05, 3.63) is 69.5 Å². The van der Waals surface area contributed by atoms with Gasteiger partial charge in [0, 0.05) is 43.7 Å². The molecule has 7 nitrogen and oxygen atoms in total. The number of hydrogen-bond donors (Lipinski definition) is 1. The SMILES string of the molecule is COc1ccc(-c2ccc(CN3CCc4nc(C5CC5)[nH]c(=O)c4C3)cn2)cc1OC. The van der Waals surface area contributed by atoms with E-state index in [1.807, 2.05) is 30.5 Å². The number of hydrogen-bond acceptors (Lipinski definition) is 6. The molecule has 1 aromatic carbocycles. The van der Waals surface area contributed by atoms with Crippen molar-refractivity contribution in [1.82, 2.24) is 19.9 Å². The van der Waals surface area contributed by atoms with Crippen LogP contribution in [0.5, 0.6) is 11.5 Å². The van der Waals surface area contributed by atoms with Gasteiger partial charge in [-0.2, -0.15) is 0 Å². The van der Waals surface area contributed by atoms with E-state index in [1.165, 1.54) is 0 Å². The van der Waals surface area contributed by atoms with E-state index in [-0.39, 0.29) is 5.56 Å². The van der Waals surface area contributed by atoms with Gasteiger partial charge >= 0.3 is 0 Å². The van der Waals surface area contributed by atoms with Crippen molar-refractivity contribution < 1.29 is 9.47 Å². The van der Waals surface area contributed by atoms with Crippen LogP contribution in [0.4, 0.5) is 0 Å². The lowest BCUT2D eigenvalue weighted by molar-refractivity contribution is 0.241. The fourth-order valence-corrected chi connectivity index (χ4v) is 4.13. The summed E-state index contributed by atoms with van der Waals surface area (Å²) in [6.45, 7) is 2.27. The number of fused-ring (bicyclic) bond motifs is 1. The molecule has 5 rings (SSSR count). The smallest absolute Gasteiger partial charge is 0.255 e. The van der Waals surface area contributed by atoms with Crippen LogP contribution in [0.15, 0.2) is 41.3 Å². The Morgan fingerprint density at radius 2 is 1.97 bits per heavy atom. The molecule has 7 heteroatoms. The zero-order chi connectivity index (χ0) is 21.4. The van der Waals surface area contributed by atoms with E-state index < -0.39 is 0 Å². The van der Waals surface area contributed by atoms with Gasteiger partial charge in [0.15, 0.2) is 11.5 Å². The predicted octanol–water partition coefficient (Wildman–Crippen LogP) is 3.28. The average molecular weight is 418 g/mol. The van der Waals surface area contributed by atoms with Gasteiger partial charge in [0.25, 0.3) is 5.56 Å². The number of aromatic nitrogens is 3. The van der Waals surface area contributed by atoms with Gasteiger partial charge in [-0.25, -0.2) is 4.98 Å². The maximum Gasteiger partial charge on any atom is 0.255 e. The molecule has 3 aromatic rings. The van der Waals surface area contributed by atoms with Gasteiger partial charge in [0.1, 0.15) is 5.82 Å². The van der Waals surface area contributed by atoms with Crippen LogP contribution in [0.2, 0.25) is 0 Å². The quantitative estimate of drug-likeness (QED) is 0.662. The Bertz CT molecular complexity index is 1150. The first-order valence-corrected chi connectivity index (χ1v) is 10.7. The number of rotatable bonds is 6. The summed E-state index contributed by atoms with van der Waals surface area (Å²) in [4.78, 5) is 27.2. The highest BCUT2D eigenvalue weighted by atomic mass is 16.5. The summed E-state index contributed by atoms with van der Waals surface area (Å²) in [6.07, 6.45) is 5.00. The Balaban J connectivity index is 1.29. The van der Waals surface area contributed by atoms with Crippen molar-refractivity contribution in [3.8, 4) is 22.8 Å². The first-order valence-electron chi connectivity index (χ1n) is 10.7. The van der Waals surface area contributed by atoms with Crippen LogP contribution >= 0.6 is 0 Å². The van der Waals surface area contributed by atoms with Crippen LogP contribution in [-0.4, -0.2) is 40.6 Å². The largest absolute Gasteiger partial charge is 0.493 e. The maximum atomic E-state index is 12.6. The lowest BCUT2D eigenvalue weighted by Gasteiger charge is -2.27. The number of methoxy groups -OCH3 is 2. The molecule has 0 spiro atoms. The summed E-state index contributed by atoms with van der Waals surface area (Å²) >= 11 is 0. The standard InChI is InChI=1S/C24H26N4O3/c1-30-21-8-6-17(11-22(21)31-2)19-7-3-15(12-25-19)13-28-10-9-20-18(14-28)24(29)27-23(26-20)16-4-5-16/h3,6-8,11-12,16H,4-5,9-10,13-14H2,1-2H3,(H,26,27,29). The number of H-pyrrole nitrogens is 1. The third-order valence-corrected chi connectivity index (χ3v) is 6.04. The fraction of sp³-hybridized carbons (Fsp3) is 0.375. The van der Waals surface area contributed by atoms with Crippen LogP contribution in [0.25, 0.3) is 11.3 Å². The van der Waals surface area contributed by atoms with Gasteiger partial charge < -0.3 is 14.5 Å². The molecule has 1 saturated carbocycles. The van der Waals surface area contributed by atoms with Gasteiger partial charge in [0.05, 0.1) is 31.2 Å². The van der Waals surface area contributed by atoms with Crippen molar-refractivity contribution >= 4 is 0 Å². The van der Waals surface area contributed by atoms with Crippen LogP contribution in [0, 0.1) is 0 Å². The normalized spacial score (nSPS) is 16.1. The van der Waals surface area contributed by atoms with Crippen molar-refractivity contribution in [2.45, 2.75) is 38.3 Å². The zero-order valence-corrected chi connectivity index (χ0v) is 17.9. The van der Waals surface area contributed by atoms with Crippen LogP contribution in [0.3, 0.4) is 0 Å². The topological polar surface area (TPSA) is 80.3 Å². The van der Waals surface area contributed by atoms with Crippen LogP contribution < -0.4 is 15.0 Å². The van der Waals surface area contributed by atoms with Crippen molar-refractivity contribution in [3.63, 3.8) is 0 Å². The molecule has 0 amide bonds. The van der Waals surface area contributed by atoms with E-state index in [2.05, 4.69) is 20.9 Å². The Hall–Kier alpha value is -3.19. The van der Waals surface area contributed by atoms with E-state index in [4.69, 9.17) is 14.5 Å². The molecular formula is C24H26N4O3. The second-order valence-electron chi connectivity index (χ2n) is 8.23. The highest BCUT2D eigenvalue weighted by molar-refractivity contribution is 5.64. The molecule has 2 aromatic heterocycles. The van der Waals surface area contributed by atoms with Gasteiger partial charge in [-0.15, -0.1) is 0 Å². The van der Waals surface area contributed by atoms with Crippen LogP contribution in [-0.2, 0) is 19.5 Å². The first kappa shape index (κ1) is 19.8. The van der Waals surface area contributed by atoms with Gasteiger partial charge in [0.2, 0.25) is 0 Å². The van der Waals surface area contributed by atoms with Crippen molar-refractivity contribution in [2.75, 3.05) is 20.8 Å². The molecular weight excluding hydrogens is 392 g/mol. The number of nitrogens with one attached hydrogen (secondary N) is 1. The number of pyridine rings is 1. The van der Waals surface area contributed by atoms with Gasteiger partial charge in [-0.05, 0) is 42.7 Å². The Morgan fingerprint density at radius 3 is 2.68 bits per heavy atom. The number of aromatic amines is 1. The molecule has 31 heavy (non-hydrogen) atoms. The number of benzene rings is 1. The predicted molar refractivity (Wildman–Crippen MR) is 117 cm³/mol. The van der Waals surface area contributed by atoms with Gasteiger partial charge in [-0.1, -0.05) is 6.07 Å². The van der Waals surface area contributed by atoms with Crippen molar-refractivity contribution in [2.24, 2.45) is 0 Å². The average Bonchev–Trinajstić information content (AvgIpc) is 3.65. The summed E-state index contributed by atoms with van der Waals surface area (Å²) in [6, 6.07) is 9.89. The second kappa shape index (κ2) is 8.15. The molecule has 0 radical (unpaired) electrons. The number of ether oxygens (including phenoxy) is 2. The summed E-state index contributed by atoms with van der Waals surface area (Å²) in [5.74, 6) is 2.72. The number of nitrogens with zero attached hydrogens (tertiary/aromatic N) is 3. The minimum atomic E-state index is 0.0264. The molecule has 2 aliphatic rings. The molecule has 1 N–H and O–H groups in total. The molecule has 0 atom stereocenters. The second-order valence-corrected chi connectivity index (χ2v) is 8.23. The molecule has 160 valence electrons. The van der Waals surface area contributed by atoms with E-state index >= 15 is 0 Å². The lowest BCUT2D eigenvalue weighted by atomic mass is 10.1. The van der Waals surface area contributed by atoms with E-state index in [0.717, 1.165) is 66.3 Å².